The number of ether oxygens (including phenoxy) is 1. The molecule has 1 fully saturated rings. The summed E-state index contributed by atoms with van der Waals surface area (Å²) in [6.45, 7) is 11.1. The van der Waals surface area contributed by atoms with Gasteiger partial charge in [-0.1, -0.05) is 6.07 Å². The third-order valence-corrected chi connectivity index (χ3v) is 5.21. The first kappa shape index (κ1) is 21.0. The molecule has 0 aliphatic carbocycles. The fourth-order valence-corrected chi connectivity index (χ4v) is 3.33. The highest BCUT2D eigenvalue weighted by Crippen LogP contribution is 2.19. The quantitative estimate of drug-likeness (QED) is 0.742. The van der Waals surface area contributed by atoms with Crippen LogP contribution in [0.15, 0.2) is 24.4 Å². The average Bonchev–Trinajstić information content (AvgIpc) is 3.11. The Morgan fingerprint density at radius 3 is 2.62 bits per heavy atom. The van der Waals surface area contributed by atoms with Crippen molar-refractivity contribution >= 4 is 17.5 Å². The predicted octanol–water partition coefficient (Wildman–Crippen LogP) is 1.83. The average molecular weight is 399 g/mol. The van der Waals surface area contributed by atoms with E-state index in [9.17, 15) is 9.59 Å². The van der Waals surface area contributed by atoms with Gasteiger partial charge in [-0.2, -0.15) is 5.10 Å². The van der Waals surface area contributed by atoms with Crippen LogP contribution < -0.4 is 10.6 Å². The fraction of sp³-hybridized carbons (Fsp3) is 0.476. The highest BCUT2D eigenvalue weighted by atomic mass is 16.5. The number of aryl methyl sites for hydroxylation is 2. The molecule has 29 heavy (non-hydrogen) atoms. The van der Waals surface area contributed by atoms with Gasteiger partial charge in [-0.25, -0.2) is 0 Å². The minimum Gasteiger partial charge on any atom is -0.379 e. The van der Waals surface area contributed by atoms with Crippen LogP contribution in [0.4, 0.5) is 5.69 Å². The van der Waals surface area contributed by atoms with Gasteiger partial charge in [0.15, 0.2) is 0 Å². The van der Waals surface area contributed by atoms with Gasteiger partial charge in [0, 0.05) is 49.7 Å². The largest absolute Gasteiger partial charge is 0.379 e. The lowest BCUT2D eigenvalue weighted by atomic mass is 10.1. The highest BCUT2D eigenvalue weighted by molar-refractivity contribution is 6.06. The van der Waals surface area contributed by atoms with Crippen molar-refractivity contribution in [1.29, 1.82) is 0 Å². The minimum atomic E-state index is -0.227. The zero-order valence-corrected chi connectivity index (χ0v) is 17.3. The Balaban J connectivity index is 1.61. The number of hydrogen-bond acceptors (Lipinski definition) is 5. The van der Waals surface area contributed by atoms with E-state index in [1.165, 1.54) is 0 Å². The van der Waals surface area contributed by atoms with E-state index in [0.717, 1.165) is 44.1 Å². The summed E-state index contributed by atoms with van der Waals surface area (Å²) >= 11 is 0. The smallest absolute Gasteiger partial charge is 0.259 e. The summed E-state index contributed by atoms with van der Waals surface area (Å²) in [7, 11) is 0. The molecule has 2 N–H and O–H groups in total. The Labute approximate surface area is 171 Å². The normalized spacial score (nSPS) is 14.6. The van der Waals surface area contributed by atoms with Crippen LogP contribution in [0.5, 0.6) is 0 Å². The van der Waals surface area contributed by atoms with Crippen molar-refractivity contribution in [1.82, 2.24) is 20.0 Å². The van der Waals surface area contributed by atoms with Crippen molar-refractivity contribution in [2.45, 2.75) is 27.3 Å². The van der Waals surface area contributed by atoms with Crippen LogP contribution in [0.25, 0.3) is 0 Å². The molecule has 0 unspecified atom stereocenters. The molecule has 0 saturated carbocycles. The molecule has 1 saturated heterocycles. The molecule has 2 heterocycles. The van der Waals surface area contributed by atoms with Gasteiger partial charge in [0.25, 0.3) is 11.8 Å². The highest BCUT2D eigenvalue weighted by Gasteiger charge is 2.16. The van der Waals surface area contributed by atoms with E-state index >= 15 is 0 Å². The standard InChI is InChI=1S/C21H29N5O3/c1-4-26-16(3)18(14-23-26)21(28)24-19-13-17(6-5-15(19)2)20(27)22-7-8-25-9-11-29-12-10-25/h5-6,13-14H,4,7-12H2,1-3H3,(H,22,27)(H,24,28). The summed E-state index contributed by atoms with van der Waals surface area (Å²) in [5.41, 5.74) is 3.39. The van der Waals surface area contributed by atoms with E-state index < -0.39 is 0 Å². The lowest BCUT2D eigenvalue weighted by Gasteiger charge is -2.26. The van der Waals surface area contributed by atoms with Gasteiger partial charge in [-0.3, -0.25) is 19.2 Å². The zero-order valence-electron chi connectivity index (χ0n) is 17.3. The van der Waals surface area contributed by atoms with Crippen LogP contribution >= 0.6 is 0 Å². The lowest BCUT2D eigenvalue weighted by Crippen LogP contribution is -2.41. The molecular weight excluding hydrogens is 370 g/mol. The van der Waals surface area contributed by atoms with E-state index in [1.54, 1.807) is 23.0 Å². The first-order valence-electron chi connectivity index (χ1n) is 10.0. The maximum atomic E-state index is 12.7. The summed E-state index contributed by atoms with van der Waals surface area (Å²) in [4.78, 5) is 27.5. The molecule has 2 amide bonds. The van der Waals surface area contributed by atoms with Crippen molar-refractivity contribution in [2.75, 3.05) is 44.7 Å². The predicted molar refractivity (Wildman–Crippen MR) is 111 cm³/mol. The van der Waals surface area contributed by atoms with Gasteiger partial charge in [0.2, 0.25) is 0 Å². The molecule has 8 heteroatoms. The van der Waals surface area contributed by atoms with E-state index in [1.807, 2.05) is 26.8 Å². The Morgan fingerprint density at radius 1 is 1.17 bits per heavy atom. The van der Waals surface area contributed by atoms with Gasteiger partial charge in [-0.05, 0) is 38.5 Å². The van der Waals surface area contributed by atoms with Gasteiger partial charge >= 0.3 is 0 Å². The minimum absolute atomic E-state index is 0.149. The maximum Gasteiger partial charge on any atom is 0.259 e. The van der Waals surface area contributed by atoms with Crippen molar-refractivity contribution in [3.8, 4) is 0 Å². The summed E-state index contributed by atoms with van der Waals surface area (Å²) in [6.07, 6.45) is 1.58. The number of aromatic nitrogens is 2. The molecular formula is C21H29N5O3. The van der Waals surface area contributed by atoms with Crippen LogP contribution in [0, 0.1) is 13.8 Å². The van der Waals surface area contributed by atoms with Crippen LogP contribution in [-0.2, 0) is 11.3 Å². The monoisotopic (exact) mass is 399 g/mol. The van der Waals surface area contributed by atoms with Crippen LogP contribution in [0.1, 0.15) is 38.9 Å². The Morgan fingerprint density at radius 2 is 1.93 bits per heavy atom. The zero-order chi connectivity index (χ0) is 20.8. The molecule has 0 spiro atoms. The van der Waals surface area contributed by atoms with Crippen LogP contribution in [-0.4, -0.2) is 65.9 Å². The molecule has 1 aromatic carbocycles. The molecule has 2 aromatic rings. The number of rotatable bonds is 7. The second-order valence-corrected chi connectivity index (χ2v) is 7.15. The molecule has 156 valence electrons. The van der Waals surface area contributed by atoms with Gasteiger partial charge in [0.05, 0.1) is 25.0 Å². The van der Waals surface area contributed by atoms with Crippen LogP contribution in [0.2, 0.25) is 0 Å². The molecule has 3 rings (SSSR count). The summed E-state index contributed by atoms with van der Waals surface area (Å²) < 4.78 is 7.11. The number of hydrogen-bond donors (Lipinski definition) is 2. The summed E-state index contributed by atoms with van der Waals surface area (Å²) in [5, 5.41) is 10.1. The molecule has 0 radical (unpaired) electrons. The Hall–Kier alpha value is -2.71. The molecule has 0 bridgehead atoms. The molecule has 1 aliphatic rings. The lowest BCUT2D eigenvalue weighted by molar-refractivity contribution is 0.0383. The van der Waals surface area contributed by atoms with E-state index in [0.29, 0.717) is 29.9 Å². The number of morpholine rings is 1. The molecule has 0 atom stereocenters. The third-order valence-electron chi connectivity index (χ3n) is 5.21. The third kappa shape index (κ3) is 5.21. The van der Waals surface area contributed by atoms with E-state index in [-0.39, 0.29) is 11.8 Å². The topological polar surface area (TPSA) is 88.5 Å². The summed E-state index contributed by atoms with van der Waals surface area (Å²) in [6, 6.07) is 5.33. The summed E-state index contributed by atoms with van der Waals surface area (Å²) in [5.74, 6) is -0.376. The first-order chi connectivity index (χ1) is 14.0. The van der Waals surface area contributed by atoms with Crippen molar-refractivity contribution < 1.29 is 14.3 Å². The van der Waals surface area contributed by atoms with Crippen molar-refractivity contribution in [3.05, 3.63) is 46.8 Å². The number of benzene rings is 1. The SMILES string of the molecule is CCn1ncc(C(=O)Nc2cc(C(=O)NCCN3CCOCC3)ccc2C)c1C. The molecule has 8 nitrogen and oxygen atoms in total. The second kappa shape index (κ2) is 9.67. The number of carbonyl (C=O) groups is 2. The molecule has 1 aliphatic heterocycles. The van der Waals surface area contributed by atoms with Gasteiger partial charge in [-0.15, -0.1) is 0 Å². The maximum absolute atomic E-state index is 12.7. The number of nitrogens with one attached hydrogen (secondary N) is 2. The second-order valence-electron chi connectivity index (χ2n) is 7.15. The first-order valence-corrected chi connectivity index (χ1v) is 10.0. The van der Waals surface area contributed by atoms with E-state index in [2.05, 4.69) is 20.6 Å². The number of carbonyl (C=O) groups excluding carboxylic acids is 2. The van der Waals surface area contributed by atoms with E-state index in [4.69, 9.17) is 4.74 Å². The van der Waals surface area contributed by atoms with Gasteiger partial charge < -0.3 is 15.4 Å². The van der Waals surface area contributed by atoms with Crippen molar-refractivity contribution in [2.24, 2.45) is 0 Å². The number of anilines is 1. The number of amides is 2. The Bertz CT molecular complexity index is 871. The van der Waals surface area contributed by atoms with Crippen LogP contribution in [0.3, 0.4) is 0 Å². The number of nitrogens with zero attached hydrogens (tertiary/aromatic N) is 3. The Kier molecular flexibility index (Phi) is 7.00. The fourth-order valence-electron chi connectivity index (χ4n) is 3.33. The van der Waals surface area contributed by atoms with Gasteiger partial charge in [0.1, 0.15) is 0 Å². The molecule has 1 aromatic heterocycles. The van der Waals surface area contributed by atoms with Crippen molar-refractivity contribution in [3.63, 3.8) is 0 Å².